The molecular formula is C23H22N4O3S. The summed E-state index contributed by atoms with van der Waals surface area (Å²) in [6, 6.07) is 15.5. The van der Waals surface area contributed by atoms with Gasteiger partial charge in [0.2, 0.25) is 5.88 Å². The van der Waals surface area contributed by atoms with Gasteiger partial charge in [0.15, 0.2) is 5.13 Å². The minimum Gasteiger partial charge on any atom is -0.481 e. The molecule has 4 rings (SSSR count). The van der Waals surface area contributed by atoms with E-state index in [2.05, 4.69) is 16.0 Å². The van der Waals surface area contributed by atoms with Gasteiger partial charge in [-0.2, -0.15) is 9.97 Å². The fraction of sp³-hybridized carbons (Fsp3) is 0.217. The Morgan fingerprint density at radius 1 is 0.968 bits per heavy atom. The molecule has 0 atom stereocenters. The third-order valence-electron chi connectivity index (χ3n) is 4.88. The number of hydrogen-bond acceptors (Lipinski definition) is 7. The van der Waals surface area contributed by atoms with Crippen LogP contribution in [-0.4, -0.2) is 35.1 Å². The van der Waals surface area contributed by atoms with Crippen LogP contribution in [0.5, 0.6) is 11.9 Å². The van der Waals surface area contributed by atoms with Crippen LogP contribution in [0.3, 0.4) is 0 Å². The molecule has 31 heavy (non-hydrogen) atoms. The van der Waals surface area contributed by atoms with Crippen molar-refractivity contribution >= 4 is 32.6 Å². The monoisotopic (exact) mass is 434 g/mol. The molecule has 2 aromatic carbocycles. The Kier molecular flexibility index (Phi) is 5.81. The minimum absolute atomic E-state index is 0.0679. The number of carbonyl (C=O) groups is 1. The van der Waals surface area contributed by atoms with Crippen molar-refractivity contribution in [2.24, 2.45) is 0 Å². The fourth-order valence-corrected chi connectivity index (χ4v) is 4.31. The Labute approximate surface area is 184 Å². The lowest BCUT2D eigenvalue weighted by Crippen LogP contribution is -2.31. The molecule has 0 N–H and O–H groups in total. The van der Waals surface area contributed by atoms with Crippen LogP contribution < -0.4 is 14.4 Å². The van der Waals surface area contributed by atoms with Crippen molar-refractivity contribution in [2.75, 3.05) is 19.1 Å². The highest BCUT2D eigenvalue weighted by Crippen LogP contribution is 2.34. The Hall–Kier alpha value is -3.52. The predicted molar refractivity (Wildman–Crippen MR) is 121 cm³/mol. The third kappa shape index (κ3) is 4.20. The van der Waals surface area contributed by atoms with Gasteiger partial charge in [0.25, 0.3) is 5.91 Å². The Balaban J connectivity index is 1.83. The molecule has 0 aliphatic heterocycles. The average Bonchev–Trinajstić information content (AvgIpc) is 3.26. The van der Waals surface area contributed by atoms with Gasteiger partial charge in [-0.15, -0.1) is 0 Å². The van der Waals surface area contributed by atoms with Crippen molar-refractivity contribution in [3.8, 4) is 11.9 Å². The number of carbonyl (C=O) groups excluding carboxylic acids is 1. The molecule has 0 radical (unpaired) electrons. The summed E-state index contributed by atoms with van der Waals surface area (Å²) in [7, 11) is 2.93. The summed E-state index contributed by atoms with van der Waals surface area (Å²) in [6.45, 7) is 4.42. The molecule has 0 saturated carbocycles. The van der Waals surface area contributed by atoms with E-state index in [1.165, 1.54) is 31.6 Å². The van der Waals surface area contributed by atoms with E-state index >= 15 is 0 Å². The summed E-state index contributed by atoms with van der Waals surface area (Å²) in [5.74, 6) is -0.0527. The number of aromatic nitrogens is 3. The number of methoxy groups -OCH3 is 2. The molecule has 2 aromatic heterocycles. The number of thiazole rings is 1. The van der Waals surface area contributed by atoms with Crippen molar-refractivity contribution in [1.82, 2.24) is 15.0 Å². The number of anilines is 1. The van der Waals surface area contributed by atoms with Crippen LogP contribution in [0.2, 0.25) is 0 Å². The first-order valence-electron chi connectivity index (χ1n) is 9.69. The molecule has 158 valence electrons. The van der Waals surface area contributed by atoms with Crippen molar-refractivity contribution in [3.05, 3.63) is 70.9 Å². The van der Waals surface area contributed by atoms with Gasteiger partial charge in [-0.05, 0) is 30.5 Å². The molecule has 0 saturated heterocycles. The highest BCUT2D eigenvalue weighted by Gasteiger charge is 2.25. The normalized spacial score (nSPS) is 10.8. The summed E-state index contributed by atoms with van der Waals surface area (Å²) >= 11 is 1.50. The van der Waals surface area contributed by atoms with E-state index in [9.17, 15) is 4.79 Å². The van der Waals surface area contributed by atoms with Gasteiger partial charge in [0.1, 0.15) is 5.69 Å². The van der Waals surface area contributed by atoms with Crippen LogP contribution in [-0.2, 0) is 6.54 Å². The van der Waals surface area contributed by atoms with Gasteiger partial charge in [-0.1, -0.05) is 53.8 Å². The lowest BCUT2D eigenvalue weighted by molar-refractivity contribution is 0.0978. The second kappa shape index (κ2) is 8.69. The molecule has 0 aliphatic rings. The molecule has 0 aliphatic carbocycles. The number of aryl methyl sites for hydroxylation is 2. The van der Waals surface area contributed by atoms with E-state index < -0.39 is 0 Å². The first-order chi connectivity index (χ1) is 15.0. The zero-order chi connectivity index (χ0) is 22.0. The number of amides is 1. The van der Waals surface area contributed by atoms with Gasteiger partial charge in [0.05, 0.1) is 31.0 Å². The van der Waals surface area contributed by atoms with E-state index in [1.54, 1.807) is 4.90 Å². The molecule has 4 aromatic rings. The third-order valence-corrected chi connectivity index (χ3v) is 6.10. The summed E-state index contributed by atoms with van der Waals surface area (Å²) in [5.41, 5.74) is 4.26. The summed E-state index contributed by atoms with van der Waals surface area (Å²) in [6.07, 6.45) is 0. The van der Waals surface area contributed by atoms with Gasteiger partial charge in [0, 0.05) is 6.07 Å². The number of ether oxygens (including phenoxy) is 2. The van der Waals surface area contributed by atoms with E-state index in [1.807, 2.05) is 50.2 Å². The Morgan fingerprint density at radius 2 is 1.71 bits per heavy atom. The highest BCUT2D eigenvalue weighted by atomic mass is 32.1. The predicted octanol–water partition coefficient (Wildman–Crippen LogP) is 4.57. The average molecular weight is 435 g/mol. The van der Waals surface area contributed by atoms with Gasteiger partial charge in [-0.3, -0.25) is 9.69 Å². The zero-order valence-electron chi connectivity index (χ0n) is 17.7. The van der Waals surface area contributed by atoms with Gasteiger partial charge < -0.3 is 9.47 Å². The molecule has 0 bridgehead atoms. The van der Waals surface area contributed by atoms with Crippen LogP contribution >= 0.6 is 11.3 Å². The first kappa shape index (κ1) is 20.7. The molecule has 1 amide bonds. The molecule has 0 fully saturated rings. The van der Waals surface area contributed by atoms with Crippen LogP contribution in [0.25, 0.3) is 10.2 Å². The number of rotatable bonds is 6. The first-order valence-corrected chi connectivity index (χ1v) is 10.5. The quantitative estimate of drug-likeness (QED) is 0.442. The van der Waals surface area contributed by atoms with Crippen molar-refractivity contribution in [3.63, 3.8) is 0 Å². The number of benzene rings is 2. The molecule has 2 heterocycles. The van der Waals surface area contributed by atoms with E-state index in [0.717, 1.165) is 26.9 Å². The zero-order valence-corrected chi connectivity index (χ0v) is 18.6. The summed E-state index contributed by atoms with van der Waals surface area (Å²) in [4.78, 5) is 28.4. The van der Waals surface area contributed by atoms with Crippen LogP contribution in [0, 0.1) is 13.8 Å². The Bertz CT molecular complexity index is 1180. The molecule has 7 nitrogen and oxygen atoms in total. The molecular weight excluding hydrogens is 412 g/mol. The van der Waals surface area contributed by atoms with Crippen LogP contribution in [0.15, 0.2) is 48.5 Å². The molecule has 0 spiro atoms. The van der Waals surface area contributed by atoms with Crippen molar-refractivity contribution in [1.29, 1.82) is 0 Å². The maximum absolute atomic E-state index is 13.6. The van der Waals surface area contributed by atoms with Crippen LogP contribution in [0.4, 0.5) is 5.13 Å². The molecule has 0 unspecified atom stereocenters. The minimum atomic E-state index is -0.308. The van der Waals surface area contributed by atoms with E-state index in [0.29, 0.717) is 11.7 Å². The van der Waals surface area contributed by atoms with Crippen molar-refractivity contribution < 1.29 is 14.3 Å². The standard InChI is InChI=1S/C23H22N4O3S/c1-14-10-11-15(2)20-19(14)26-23(31-20)27(13-16-8-6-5-7-9-16)21(28)17-12-18(29-3)25-22(24-17)30-4/h5-12H,13H2,1-4H3. The lowest BCUT2D eigenvalue weighted by Gasteiger charge is -2.20. The fourth-order valence-electron chi connectivity index (χ4n) is 3.20. The number of nitrogens with zero attached hydrogens (tertiary/aromatic N) is 4. The number of fused-ring (bicyclic) bond motifs is 1. The van der Waals surface area contributed by atoms with Gasteiger partial charge in [-0.25, -0.2) is 4.98 Å². The smallest absolute Gasteiger partial charge is 0.320 e. The van der Waals surface area contributed by atoms with Gasteiger partial charge >= 0.3 is 6.01 Å². The highest BCUT2D eigenvalue weighted by molar-refractivity contribution is 7.22. The Morgan fingerprint density at radius 3 is 2.39 bits per heavy atom. The number of hydrogen-bond donors (Lipinski definition) is 0. The second-order valence-corrected chi connectivity index (χ2v) is 8.01. The molecule has 8 heteroatoms. The SMILES string of the molecule is COc1cc(C(=O)N(Cc2ccccc2)c2nc3c(C)ccc(C)c3s2)nc(OC)n1. The second-order valence-electron chi connectivity index (χ2n) is 7.03. The lowest BCUT2D eigenvalue weighted by atomic mass is 10.1. The largest absolute Gasteiger partial charge is 0.481 e. The van der Waals surface area contributed by atoms with Crippen molar-refractivity contribution in [2.45, 2.75) is 20.4 Å². The summed E-state index contributed by atoms with van der Waals surface area (Å²) in [5, 5.41) is 0.609. The van der Waals surface area contributed by atoms with E-state index in [4.69, 9.17) is 14.5 Å². The summed E-state index contributed by atoms with van der Waals surface area (Å²) < 4.78 is 11.4. The van der Waals surface area contributed by atoms with E-state index in [-0.39, 0.29) is 23.5 Å². The topological polar surface area (TPSA) is 77.4 Å². The maximum atomic E-state index is 13.6. The van der Waals surface area contributed by atoms with Crippen LogP contribution in [0.1, 0.15) is 27.2 Å². The maximum Gasteiger partial charge on any atom is 0.320 e.